The van der Waals surface area contributed by atoms with Crippen LogP contribution in [0, 0.1) is 0 Å². The molecule has 1 fully saturated rings. The van der Waals surface area contributed by atoms with Crippen molar-refractivity contribution in [2.75, 3.05) is 38.1 Å². The van der Waals surface area contributed by atoms with Gasteiger partial charge in [-0.25, -0.2) is 0 Å². The molecule has 0 N–H and O–H groups in total. The molecule has 2 aliphatic heterocycles. The number of nitrogens with zero attached hydrogens (tertiary/aromatic N) is 3. The summed E-state index contributed by atoms with van der Waals surface area (Å²) in [7, 11) is 0. The van der Waals surface area contributed by atoms with Gasteiger partial charge < -0.3 is 4.90 Å². The molecule has 2 aromatic rings. The van der Waals surface area contributed by atoms with Crippen LogP contribution in [0.15, 0.2) is 65.7 Å². The second kappa shape index (κ2) is 9.79. The third kappa shape index (κ3) is 4.84. The Hall–Kier alpha value is -0.820. The predicted octanol–water partition coefficient (Wildman–Crippen LogP) is 5.23. The van der Waals surface area contributed by atoms with Crippen molar-refractivity contribution < 1.29 is 0 Å². The monoisotopic (exact) mass is 523 g/mol. The van der Waals surface area contributed by atoms with Gasteiger partial charge in [-0.15, -0.1) is 17.0 Å². The molecule has 0 aliphatic carbocycles. The first-order valence-corrected chi connectivity index (χ1v) is 11.5. The third-order valence-corrected chi connectivity index (χ3v) is 8.29. The number of hydrogen-bond donors (Lipinski definition) is 0. The Labute approximate surface area is 191 Å². The average molecular weight is 525 g/mol. The maximum absolute atomic E-state index is 4.83. The van der Waals surface area contributed by atoms with E-state index in [1.54, 1.807) is 0 Å². The van der Waals surface area contributed by atoms with Gasteiger partial charge in [0.2, 0.25) is 0 Å². The van der Waals surface area contributed by atoms with Gasteiger partial charge in [-0.05, 0) is 18.1 Å². The summed E-state index contributed by atoms with van der Waals surface area (Å²) >= 11 is 5.58. The van der Waals surface area contributed by atoms with Gasteiger partial charge in [-0.1, -0.05) is 88.4 Å². The molecule has 0 spiro atoms. The van der Waals surface area contributed by atoms with Crippen LogP contribution in [0.3, 0.4) is 0 Å². The number of amidine groups is 1. The Morgan fingerprint density at radius 2 is 1.50 bits per heavy atom. The molecule has 1 saturated heterocycles. The first-order chi connectivity index (χ1) is 13.2. The number of rotatable bonds is 4. The summed E-state index contributed by atoms with van der Waals surface area (Å²) in [5.74, 6) is 0. The van der Waals surface area contributed by atoms with Gasteiger partial charge in [0.15, 0.2) is 5.17 Å². The number of benzene rings is 2. The molecule has 150 valence electrons. The summed E-state index contributed by atoms with van der Waals surface area (Å²) in [5.41, 5.74) is 2.74. The van der Waals surface area contributed by atoms with Crippen LogP contribution in [0.4, 0.5) is 0 Å². The van der Waals surface area contributed by atoms with Gasteiger partial charge in [0.05, 0.1) is 17.3 Å². The molecule has 1 unspecified atom stereocenters. The molecular weight excluding hydrogens is 498 g/mol. The zero-order valence-electron chi connectivity index (χ0n) is 16.1. The summed E-state index contributed by atoms with van der Waals surface area (Å²) in [6, 6.07) is 22.1. The maximum Gasteiger partial charge on any atom is 0.159 e. The van der Waals surface area contributed by atoms with Crippen molar-refractivity contribution in [1.29, 1.82) is 0 Å². The molecule has 0 aromatic heterocycles. The van der Waals surface area contributed by atoms with Gasteiger partial charge >= 0.3 is 0 Å². The van der Waals surface area contributed by atoms with Gasteiger partial charge in [0, 0.05) is 31.5 Å². The van der Waals surface area contributed by atoms with Crippen molar-refractivity contribution in [3.63, 3.8) is 0 Å². The Bertz CT molecular complexity index is 739. The first-order valence-electron chi connectivity index (χ1n) is 9.57. The quantitative estimate of drug-likeness (QED) is 0.510. The molecule has 4 rings (SSSR count). The van der Waals surface area contributed by atoms with Crippen LogP contribution in [0.2, 0.25) is 0 Å². The number of piperazine rings is 1. The second-order valence-electron chi connectivity index (χ2n) is 7.53. The number of alkyl halides is 1. The van der Waals surface area contributed by atoms with E-state index >= 15 is 0 Å². The van der Waals surface area contributed by atoms with Crippen molar-refractivity contribution in [3.8, 4) is 0 Å². The highest BCUT2D eigenvalue weighted by atomic mass is 79.9. The Morgan fingerprint density at radius 1 is 0.964 bits per heavy atom. The Morgan fingerprint density at radius 3 is 1.96 bits per heavy atom. The minimum Gasteiger partial charge on any atom is -0.349 e. The highest BCUT2D eigenvalue weighted by Crippen LogP contribution is 2.36. The molecular formula is C22H27Br2N3S. The van der Waals surface area contributed by atoms with E-state index in [-0.39, 0.29) is 21.7 Å². The van der Waals surface area contributed by atoms with E-state index in [9.17, 15) is 0 Å². The summed E-state index contributed by atoms with van der Waals surface area (Å²) in [5, 5.41) is 2.22. The van der Waals surface area contributed by atoms with Crippen LogP contribution in [0.1, 0.15) is 24.1 Å². The largest absolute Gasteiger partial charge is 0.349 e. The SMILES string of the molecule is Br.CC1(CBr)CN=C(N2CCN(C(c3ccccc3)c3ccccc3)CC2)S1. The van der Waals surface area contributed by atoms with E-state index < -0.39 is 0 Å². The summed E-state index contributed by atoms with van der Waals surface area (Å²) < 4.78 is 0.211. The lowest BCUT2D eigenvalue weighted by Crippen LogP contribution is -2.49. The van der Waals surface area contributed by atoms with E-state index in [2.05, 4.69) is 93.3 Å². The van der Waals surface area contributed by atoms with Crippen molar-refractivity contribution in [3.05, 3.63) is 71.8 Å². The molecule has 28 heavy (non-hydrogen) atoms. The molecule has 0 radical (unpaired) electrons. The summed E-state index contributed by atoms with van der Waals surface area (Å²) in [6.45, 7) is 7.40. The van der Waals surface area contributed by atoms with Crippen LogP contribution >= 0.6 is 44.7 Å². The van der Waals surface area contributed by atoms with E-state index in [1.165, 1.54) is 16.3 Å². The van der Waals surface area contributed by atoms with Gasteiger partial charge in [0.1, 0.15) is 0 Å². The van der Waals surface area contributed by atoms with E-state index in [0.29, 0.717) is 6.04 Å². The molecule has 3 nitrogen and oxygen atoms in total. The molecule has 0 saturated carbocycles. The number of hydrogen-bond acceptors (Lipinski definition) is 4. The maximum atomic E-state index is 4.83. The first kappa shape index (κ1) is 21.9. The number of halogens is 2. The molecule has 2 aliphatic rings. The van der Waals surface area contributed by atoms with E-state index in [1.807, 2.05) is 11.8 Å². The van der Waals surface area contributed by atoms with Crippen molar-refractivity contribution >= 4 is 49.8 Å². The van der Waals surface area contributed by atoms with Crippen molar-refractivity contribution in [1.82, 2.24) is 9.80 Å². The standard InChI is InChI=1S/C22H26BrN3S.BrH/c1-22(16-23)17-24-21(27-22)26-14-12-25(13-15-26)20(18-8-4-2-5-9-18)19-10-6-3-7-11-19;/h2-11,20H,12-17H2,1H3;1H. The van der Waals surface area contributed by atoms with Crippen LogP contribution in [0.25, 0.3) is 0 Å². The molecule has 2 heterocycles. The molecule has 2 aromatic carbocycles. The minimum absolute atomic E-state index is 0. The summed E-state index contributed by atoms with van der Waals surface area (Å²) in [6.07, 6.45) is 0. The van der Waals surface area contributed by atoms with Crippen LogP contribution in [-0.2, 0) is 0 Å². The summed E-state index contributed by atoms with van der Waals surface area (Å²) in [4.78, 5) is 9.92. The molecule has 1 atom stereocenters. The van der Waals surface area contributed by atoms with Gasteiger partial charge in [-0.3, -0.25) is 9.89 Å². The fourth-order valence-electron chi connectivity index (χ4n) is 3.81. The lowest BCUT2D eigenvalue weighted by atomic mass is 9.96. The molecule has 0 bridgehead atoms. The fraction of sp³-hybridized carbons (Fsp3) is 0.409. The van der Waals surface area contributed by atoms with Crippen LogP contribution in [0.5, 0.6) is 0 Å². The van der Waals surface area contributed by atoms with E-state index in [4.69, 9.17) is 4.99 Å². The van der Waals surface area contributed by atoms with Crippen molar-refractivity contribution in [2.24, 2.45) is 4.99 Å². The minimum atomic E-state index is 0. The fourth-order valence-corrected chi connectivity index (χ4v) is 5.40. The predicted molar refractivity (Wildman–Crippen MR) is 130 cm³/mol. The Kier molecular flexibility index (Phi) is 7.65. The number of thioether (sulfide) groups is 1. The highest BCUT2D eigenvalue weighted by molar-refractivity contribution is 9.09. The van der Waals surface area contributed by atoms with Gasteiger partial charge in [-0.2, -0.15) is 0 Å². The smallest absolute Gasteiger partial charge is 0.159 e. The van der Waals surface area contributed by atoms with Crippen LogP contribution < -0.4 is 0 Å². The number of aliphatic imine (C=N–C) groups is 1. The zero-order chi connectivity index (χ0) is 18.7. The van der Waals surface area contributed by atoms with Crippen LogP contribution in [-0.4, -0.2) is 57.8 Å². The highest BCUT2D eigenvalue weighted by Gasteiger charge is 2.35. The van der Waals surface area contributed by atoms with Gasteiger partial charge in [0.25, 0.3) is 0 Å². The lowest BCUT2D eigenvalue weighted by molar-refractivity contribution is 0.152. The Balaban J connectivity index is 0.00000225. The molecule has 6 heteroatoms. The lowest BCUT2D eigenvalue weighted by Gasteiger charge is -2.40. The van der Waals surface area contributed by atoms with Crippen molar-refractivity contribution in [2.45, 2.75) is 17.7 Å². The second-order valence-corrected chi connectivity index (χ2v) is 9.65. The van der Waals surface area contributed by atoms with E-state index in [0.717, 1.165) is 38.1 Å². The molecule has 0 amide bonds. The average Bonchev–Trinajstić information content (AvgIpc) is 3.13. The zero-order valence-corrected chi connectivity index (χ0v) is 20.2. The third-order valence-electron chi connectivity index (χ3n) is 5.35. The normalized spacial score (nSPS) is 22.8. The topological polar surface area (TPSA) is 18.8 Å².